The first-order chi connectivity index (χ1) is 13.3. The average Bonchev–Trinajstić information content (AvgIpc) is 3.11. The number of hydrogen-bond acceptors (Lipinski definition) is 3. The number of hydrogen-bond donors (Lipinski definition) is 0. The van der Waals surface area contributed by atoms with Crippen molar-refractivity contribution < 1.29 is 14.0 Å². The van der Waals surface area contributed by atoms with Gasteiger partial charge < -0.3 is 9.16 Å². The monoisotopic (exact) mass is 394 g/mol. The molecule has 0 bridgehead atoms. The molecule has 1 saturated carbocycles. The van der Waals surface area contributed by atoms with E-state index in [0.717, 1.165) is 12.8 Å². The molecule has 0 amide bonds. The van der Waals surface area contributed by atoms with Gasteiger partial charge in [-0.3, -0.25) is 4.79 Å². The zero-order valence-corrected chi connectivity index (χ0v) is 18.3. The van der Waals surface area contributed by atoms with Crippen molar-refractivity contribution >= 4 is 24.7 Å². The Balaban J connectivity index is 1.85. The van der Waals surface area contributed by atoms with Gasteiger partial charge in [-0.05, 0) is 35.2 Å². The predicted molar refractivity (Wildman–Crippen MR) is 114 cm³/mol. The molecule has 1 aliphatic heterocycles. The fourth-order valence-electron chi connectivity index (χ4n) is 5.21. The molecule has 1 saturated heterocycles. The molecule has 28 heavy (non-hydrogen) atoms. The summed E-state index contributed by atoms with van der Waals surface area (Å²) in [6, 6.07) is 21.4. The molecule has 4 rings (SSSR count). The Kier molecular flexibility index (Phi) is 4.75. The fourth-order valence-corrected chi connectivity index (χ4v) is 10.0. The van der Waals surface area contributed by atoms with Gasteiger partial charge in [0.15, 0.2) is 0 Å². The normalized spacial score (nSPS) is 27.5. The van der Waals surface area contributed by atoms with Gasteiger partial charge in [0, 0.05) is 5.92 Å². The Morgan fingerprint density at radius 3 is 2.00 bits per heavy atom. The van der Waals surface area contributed by atoms with E-state index in [-0.39, 0.29) is 23.0 Å². The number of carbonyl (C=O) groups is 1. The van der Waals surface area contributed by atoms with Gasteiger partial charge in [0.05, 0.1) is 12.5 Å². The first-order valence-corrected chi connectivity index (χ1v) is 12.2. The average molecular weight is 395 g/mol. The van der Waals surface area contributed by atoms with Crippen LogP contribution in [0, 0.1) is 5.92 Å². The van der Waals surface area contributed by atoms with Gasteiger partial charge in [-0.15, -0.1) is 0 Å². The second kappa shape index (κ2) is 6.85. The van der Waals surface area contributed by atoms with Crippen LogP contribution in [0.2, 0.25) is 5.04 Å². The van der Waals surface area contributed by atoms with E-state index in [4.69, 9.17) is 9.16 Å². The highest BCUT2D eigenvalue weighted by molar-refractivity contribution is 6.99. The van der Waals surface area contributed by atoms with Crippen molar-refractivity contribution in [1.82, 2.24) is 0 Å². The molecule has 148 valence electrons. The van der Waals surface area contributed by atoms with Gasteiger partial charge in [-0.25, -0.2) is 0 Å². The van der Waals surface area contributed by atoms with E-state index in [1.54, 1.807) is 0 Å². The largest absolute Gasteiger partial charge is 0.456 e. The van der Waals surface area contributed by atoms with Gasteiger partial charge in [0.2, 0.25) is 0 Å². The highest BCUT2D eigenvalue weighted by atomic mass is 28.4. The smallest absolute Gasteiger partial charge is 0.306 e. The molecule has 3 nitrogen and oxygen atoms in total. The molecule has 1 aliphatic carbocycles. The Hall–Kier alpha value is -1.91. The van der Waals surface area contributed by atoms with E-state index in [0.29, 0.717) is 6.42 Å². The van der Waals surface area contributed by atoms with E-state index in [1.807, 2.05) is 0 Å². The van der Waals surface area contributed by atoms with Crippen LogP contribution in [0.4, 0.5) is 0 Å². The summed E-state index contributed by atoms with van der Waals surface area (Å²) in [4.78, 5) is 12.0. The third-order valence-electron chi connectivity index (χ3n) is 6.71. The number of carbonyl (C=O) groups excluding carboxylic acids is 1. The van der Waals surface area contributed by atoms with Crippen molar-refractivity contribution in [3.05, 3.63) is 60.7 Å². The van der Waals surface area contributed by atoms with E-state index >= 15 is 0 Å². The number of rotatable bonds is 4. The first-order valence-electron chi connectivity index (χ1n) is 10.3. The minimum Gasteiger partial charge on any atom is -0.456 e. The second-order valence-electron chi connectivity index (χ2n) is 9.41. The number of ether oxygens (including phenoxy) is 1. The third kappa shape index (κ3) is 2.94. The minimum atomic E-state index is -2.63. The summed E-state index contributed by atoms with van der Waals surface area (Å²) in [5.74, 6) is 0.187. The summed E-state index contributed by atoms with van der Waals surface area (Å²) in [6.45, 7) is 8.94. The summed E-state index contributed by atoms with van der Waals surface area (Å²) < 4.78 is 13.1. The van der Waals surface area contributed by atoms with Crippen LogP contribution < -0.4 is 10.4 Å². The fraction of sp³-hybridized carbons (Fsp3) is 0.458. The van der Waals surface area contributed by atoms with Crippen molar-refractivity contribution in [2.24, 2.45) is 5.92 Å². The Labute approximate surface area is 169 Å². The molecule has 2 aromatic carbocycles. The number of benzene rings is 2. The standard InChI is InChI=1S/C24H30O3Si/c1-23(2,3)28(19-11-7-5-8-12-19,20-13-9-6-10-14-20)27-21-16-15-18-17-22(25)26-24(18,21)4/h5-14,18,21H,15-17H2,1-4H3/t18-,21+,24+/m1/s1. The maximum atomic E-state index is 12.0. The summed E-state index contributed by atoms with van der Waals surface area (Å²) in [7, 11) is -2.63. The van der Waals surface area contributed by atoms with Gasteiger partial charge in [0.1, 0.15) is 5.60 Å². The van der Waals surface area contributed by atoms with Crippen LogP contribution >= 0.6 is 0 Å². The molecule has 2 aliphatic rings. The van der Waals surface area contributed by atoms with E-state index in [9.17, 15) is 4.79 Å². The van der Waals surface area contributed by atoms with Gasteiger partial charge in [0.25, 0.3) is 8.32 Å². The summed E-state index contributed by atoms with van der Waals surface area (Å²) in [6.07, 6.45) is 2.39. The lowest BCUT2D eigenvalue weighted by molar-refractivity contribution is -0.154. The lowest BCUT2D eigenvalue weighted by Gasteiger charge is -2.46. The zero-order chi connectivity index (χ0) is 20.0. The Morgan fingerprint density at radius 1 is 0.964 bits per heavy atom. The summed E-state index contributed by atoms with van der Waals surface area (Å²) in [5.41, 5.74) is -0.510. The van der Waals surface area contributed by atoms with Crippen LogP contribution in [0.1, 0.15) is 47.0 Å². The minimum absolute atomic E-state index is 0.0738. The first kappa shape index (κ1) is 19.4. The van der Waals surface area contributed by atoms with Crippen LogP contribution in [0.5, 0.6) is 0 Å². The van der Waals surface area contributed by atoms with E-state index in [1.165, 1.54) is 10.4 Å². The summed E-state index contributed by atoms with van der Waals surface area (Å²) in [5, 5.41) is 2.46. The molecule has 2 fully saturated rings. The molecule has 1 heterocycles. The lowest BCUT2D eigenvalue weighted by Crippen LogP contribution is -2.69. The van der Waals surface area contributed by atoms with Gasteiger partial charge in [-0.2, -0.15) is 0 Å². The maximum Gasteiger partial charge on any atom is 0.306 e. The third-order valence-corrected chi connectivity index (χ3v) is 11.8. The molecule has 0 spiro atoms. The predicted octanol–water partition coefficient (Wildman–Crippen LogP) is 4.05. The zero-order valence-electron chi connectivity index (χ0n) is 17.3. The molecule has 0 N–H and O–H groups in total. The van der Waals surface area contributed by atoms with Crippen LogP contribution in [0.25, 0.3) is 0 Å². The molecule has 0 radical (unpaired) electrons. The molecular formula is C24H30O3Si. The molecule has 0 aromatic heterocycles. The summed E-state index contributed by atoms with van der Waals surface area (Å²) >= 11 is 0. The van der Waals surface area contributed by atoms with Gasteiger partial charge in [-0.1, -0.05) is 81.4 Å². The Morgan fingerprint density at radius 2 is 1.50 bits per heavy atom. The lowest BCUT2D eigenvalue weighted by atomic mass is 9.92. The maximum absolute atomic E-state index is 12.0. The van der Waals surface area contributed by atoms with Crippen molar-refractivity contribution in [2.45, 2.75) is 63.7 Å². The van der Waals surface area contributed by atoms with Crippen molar-refractivity contribution in [3.8, 4) is 0 Å². The van der Waals surface area contributed by atoms with E-state index in [2.05, 4.69) is 88.4 Å². The Bertz CT molecular complexity index is 804. The van der Waals surface area contributed by atoms with Crippen LogP contribution in [-0.2, 0) is 14.0 Å². The molecule has 3 atom stereocenters. The SMILES string of the molecule is CC(C)(C)[Si](O[C@H]1CC[C@@H]2CC(=O)O[C@@]21C)(c1ccccc1)c1ccccc1. The molecule has 2 aromatic rings. The van der Waals surface area contributed by atoms with Gasteiger partial charge >= 0.3 is 5.97 Å². The number of esters is 1. The molecule has 4 heteroatoms. The van der Waals surface area contributed by atoms with Crippen LogP contribution in [-0.4, -0.2) is 26.0 Å². The van der Waals surface area contributed by atoms with Crippen LogP contribution in [0.3, 0.4) is 0 Å². The topological polar surface area (TPSA) is 35.5 Å². The highest BCUT2D eigenvalue weighted by Crippen LogP contribution is 2.49. The van der Waals surface area contributed by atoms with Crippen molar-refractivity contribution in [2.75, 3.05) is 0 Å². The van der Waals surface area contributed by atoms with Crippen LogP contribution in [0.15, 0.2) is 60.7 Å². The van der Waals surface area contributed by atoms with E-state index < -0.39 is 13.9 Å². The molecular weight excluding hydrogens is 364 g/mol. The highest BCUT2D eigenvalue weighted by Gasteiger charge is 2.60. The quantitative estimate of drug-likeness (QED) is 0.580. The second-order valence-corrected chi connectivity index (χ2v) is 13.7. The molecule has 0 unspecified atom stereocenters. The number of fused-ring (bicyclic) bond motifs is 1. The van der Waals surface area contributed by atoms with Crippen molar-refractivity contribution in [3.63, 3.8) is 0 Å². The van der Waals surface area contributed by atoms with Crippen molar-refractivity contribution in [1.29, 1.82) is 0 Å².